The highest BCUT2D eigenvalue weighted by molar-refractivity contribution is 5.70. The minimum absolute atomic E-state index is 0.0242. The SMILES string of the molecule is Cc1cc(C)c(N2C(OC(C)(C)C)N(c3c(C)cc(C)cc3C)[C@H](c3ccccc3)[C@H]2c2ccccc2)c(C)c1. The first-order valence-electron chi connectivity index (χ1n) is 14.5. The molecule has 0 amide bonds. The summed E-state index contributed by atoms with van der Waals surface area (Å²) in [7, 11) is 0. The maximum Gasteiger partial charge on any atom is 0.212 e. The monoisotopic (exact) mass is 532 g/mol. The number of nitrogens with zero attached hydrogens (tertiary/aromatic N) is 2. The van der Waals surface area contributed by atoms with Gasteiger partial charge in [0.2, 0.25) is 6.35 Å². The number of anilines is 2. The molecule has 3 nitrogen and oxygen atoms in total. The van der Waals surface area contributed by atoms with E-state index in [1.807, 2.05) is 0 Å². The van der Waals surface area contributed by atoms with Gasteiger partial charge in [-0.1, -0.05) is 96.1 Å². The molecule has 0 saturated carbocycles. The van der Waals surface area contributed by atoms with Crippen LogP contribution in [-0.4, -0.2) is 12.0 Å². The zero-order valence-corrected chi connectivity index (χ0v) is 25.6. The van der Waals surface area contributed by atoms with Crippen LogP contribution >= 0.6 is 0 Å². The first-order valence-corrected chi connectivity index (χ1v) is 14.5. The van der Waals surface area contributed by atoms with Gasteiger partial charge in [-0.2, -0.15) is 0 Å². The van der Waals surface area contributed by atoms with E-state index in [1.54, 1.807) is 0 Å². The predicted octanol–water partition coefficient (Wildman–Crippen LogP) is 9.45. The van der Waals surface area contributed by atoms with Gasteiger partial charge in [-0.25, -0.2) is 0 Å². The minimum Gasteiger partial charge on any atom is -0.334 e. The fourth-order valence-electron chi connectivity index (χ4n) is 6.79. The Morgan fingerprint density at radius 2 is 0.850 bits per heavy atom. The van der Waals surface area contributed by atoms with Gasteiger partial charge in [0.15, 0.2) is 0 Å². The Morgan fingerprint density at radius 1 is 0.525 bits per heavy atom. The molecule has 3 heteroatoms. The molecule has 0 unspecified atom stereocenters. The molecule has 40 heavy (non-hydrogen) atoms. The average molecular weight is 533 g/mol. The van der Waals surface area contributed by atoms with Crippen molar-refractivity contribution in [3.8, 4) is 0 Å². The second-order valence-electron chi connectivity index (χ2n) is 12.6. The molecule has 1 aliphatic heterocycles. The highest BCUT2D eigenvalue weighted by atomic mass is 16.5. The molecule has 208 valence electrons. The van der Waals surface area contributed by atoms with Crippen molar-refractivity contribution in [2.45, 2.75) is 86.4 Å². The number of rotatable bonds is 5. The number of ether oxygens (including phenoxy) is 1. The third-order valence-corrected chi connectivity index (χ3v) is 7.90. The van der Waals surface area contributed by atoms with Crippen LogP contribution in [0.1, 0.15) is 77.4 Å². The maximum absolute atomic E-state index is 7.17. The molecule has 0 spiro atoms. The maximum atomic E-state index is 7.17. The third-order valence-electron chi connectivity index (χ3n) is 7.90. The highest BCUT2D eigenvalue weighted by Crippen LogP contribution is 2.54. The van der Waals surface area contributed by atoms with Gasteiger partial charge in [-0.05, 0) is 95.7 Å². The van der Waals surface area contributed by atoms with E-state index in [-0.39, 0.29) is 24.0 Å². The van der Waals surface area contributed by atoms with E-state index in [9.17, 15) is 0 Å². The van der Waals surface area contributed by atoms with Crippen molar-refractivity contribution in [3.63, 3.8) is 0 Å². The Hall–Kier alpha value is -3.56. The average Bonchev–Trinajstić information content (AvgIpc) is 3.16. The van der Waals surface area contributed by atoms with Crippen molar-refractivity contribution >= 4 is 11.4 Å². The number of aryl methyl sites for hydroxylation is 6. The molecule has 1 heterocycles. The van der Waals surface area contributed by atoms with Crippen molar-refractivity contribution in [1.82, 2.24) is 0 Å². The summed E-state index contributed by atoms with van der Waals surface area (Å²) in [4.78, 5) is 5.14. The van der Waals surface area contributed by atoms with E-state index >= 15 is 0 Å². The van der Waals surface area contributed by atoms with Crippen LogP contribution in [0.25, 0.3) is 0 Å². The molecule has 4 aromatic carbocycles. The van der Waals surface area contributed by atoms with Crippen LogP contribution in [0.2, 0.25) is 0 Å². The van der Waals surface area contributed by atoms with Crippen LogP contribution in [0.3, 0.4) is 0 Å². The van der Waals surface area contributed by atoms with Crippen LogP contribution in [0.5, 0.6) is 0 Å². The largest absolute Gasteiger partial charge is 0.334 e. The third kappa shape index (κ3) is 5.28. The highest BCUT2D eigenvalue weighted by Gasteiger charge is 2.51. The Kier molecular flexibility index (Phi) is 7.54. The second kappa shape index (κ2) is 10.8. The molecule has 0 aliphatic carbocycles. The summed E-state index contributed by atoms with van der Waals surface area (Å²) in [6.45, 7) is 19.8. The summed E-state index contributed by atoms with van der Waals surface area (Å²) < 4.78 is 7.17. The molecule has 1 aliphatic rings. The minimum atomic E-state index is -0.368. The first-order chi connectivity index (χ1) is 19.0. The molecule has 2 atom stereocenters. The molecule has 0 aromatic heterocycles. The zero-order chi connectivity index (χ0) is 28.8. The second-order valence-corrected chi connectivity index (χ2v) is 12.6. The Bertz CT molecular complexity index is 1330. The predicted molar refractivity (Wildman–Crippen MR) is 169 cm³/mol. The standard InChI is InChI=1S/C37H44N2O/c1-24-20-26(3)32(27(4)21-24)38-34(30-16-12-10-13-17-30)35(31-18-14-11-15-19-31)39(36(38)40-37(7,8)9)33-28(5)22-25(2)23-29(33)6/h10-23,34-36H,1-9H3/t34-,35-/m1/s1. The van der Waals surface area contributed by atoms with Crippen LogP contribution in [-0.2, 0) is 4.74 Å². The summed E-state index contributed by atoms with van der Waals surface area (Å²) >= 11 is 0. The normalized spacial score (nSPS) is 18.0. The molecule has 0 N–H and O–H groups in total. The van der Waals surface area contributed by atoms with Gasteiger partial charge in [-0.15, -0.1) is 0 Å². The van der Waals surface area contributed by atoms with Gasteiger partial charge in [0.25, 0.3) is 0 Å². The molecular formula is C37H44N2O. The number of hydrogen-bond donors (Lipinski definition) is 0. The van der Waals surface area contributed by atoms with Crippen LogP contribution in [0, 0.1) is 41.5 Å². The van der Waals surface area contributed by atoms with E-state index < -0.39 is 0 Å². The Balaban J connectivity index is 1.89. The van der Waals surface area contributed by atoms with Gasteiger partial charge >= 0.3 is 0 Å². The zero-order valence-electron chi connectivity index (χ0n) is 25.6. The molecule has 0 radical (unpaired) electrons. The lowest BCUT2D eigenvalue weighted by Crippen LogP contribution is -2.47. The number of hydrogen-bond acceptors (Lipinski definition) is 3. The quantitative estimate of drug-likeness (QED) is 0.255. The van der Waals surface area contributed by atoms with Crippen molar-refractivity contribution in [2.24, 2.45) is 0 Å². The van der Waals surface area contributed by atoms with Crippen molar-refractivity contribution in [2.75, 3.05) is 9.80 Å². The van der Waals surface area contributed by atoms with Gasteiger partial charge in [0, 0.05) is 11.4 Å². The van der Waals surface area contributed by atoms with Gasteiger partial charge < -0.3 is 14.5 Å². The fourth-order valence-corrected chi connectivity index (χ4v) is 6.79. The van der Waals surface area contributed by atoms with E-state index in [4.69, 9.17) is 4.74 Å². The van der Waals surface area contributed by atoms with Crippen molar-refractivity contribution < 1.29 is 4.74 Å². The summed E-state index contributed by atoms with van der Waals surface area (Å²) in [6, 6.07) is 31.2. The molecule has 1 fully saturated rings. The van der Waals surface area contributed by atoms with E-state index in [0.717, 1.165) is 0 Å². The van der Waals surface area contributed by atoms with Crippen molar-refractivity contribution in [3.05, 3.63) is 129 Å². The summed E-state index contributed by atoms with van der Waals surface area (Å²) in [6.07, 6.45) is -0.323. The van der Waals surface area contributed by atoms with Crippen molar-refractivity contribution in [1.29, 1.82) is 0 Å². The summed E-state index contributed by atoms with van der Waals surface area (Å²) in [5.74, 6) is 0. The topological polar surface area (TPSA) is 15.7 Å². The van der Waals surface area contributed by atoms with E-state index in [2.05, 4.69) is 157 Å². The first kappa shape index (κ1) is 28.0. The lowest BCUT2D eigenvalue weighted by Gasteiger charge is -2.40. The smallest absolute Gasteiger partial charge is 0.212 e. The van der Waals surface area contributed by atoms with Crippen LogP contribution in [0.15, 0.2) is 84.9 Å². The lowest BCUT2D eigenvalue weighted by molar-refractivity contribution is -0.0546. The van der Waals surface area contributed by atoms with Crippen LogP contribution in [0.4, 0.5) is 11.4 Å². The molecule has 1 saturated heterocycles. The number of benzene rings is 4. The fraction of sp³-hybridized carbons (Fsp3) is 0.351. The molecule has 5 rings (SSSR count). The molecular weight excluding hydrogens is 488 g/mol. The van der Waals surface area contributed by atoms with Gasteiger partial charge in [0.1, 0.15) is 0 Å². The van der Waals surface area contributed by atoms with Gasteiger partial charge in [0.05, 0.1) is 17.7 Å². The lowest BCUT2D eigenvalue weighted by atomic mass is 9.91. The van der Waals surface area contributed by atoms with E-state index in [1.165, 1.54) is 55.9 Å². The summed E-state index contributed by atoms with van der Waals surface area (Å²) in [5, 5.41) is 0. The van der Waals surface area contributed by atoms with Gasteiger partial charge in [-0.3, -0.25) is 0 Å². The Labute approximate surface area is 241 Å². The molecule has 0 bridgehead atoms. The Morgan fingerprint density at radius 3 is 1.15 bits per heavy atom. The summed E-state index contributed by atoms with van der Waals surface area (Å²) in [5.41, 5.74) is 12.3. The van der Waals surface area contributed by atoms with E-state index in [0.29, 0.717) is 0 Å². The molecule has 4 aromatic rings. The van der Waals surface area contributed by atoms with Crippen LogP contribution < -0.4 is 9.80 Å².